The normalized spacial score (nSPS) is 19.9. The topological polar surface area (TPSA) is 79.0 Å². The molecule has 0 spiro atoms. The molecule has 0 radical (unpaired) electrons. The predicted molar refractivity (Wildman–Crippen MR) is 113 cm³/mol. The molecule has 9 heteroatoms. The second-order valence-corrected chi connectivity index (χ2v) is 10.1. The molecule has 2 aliphatic rings. The number of sulfonamides is 1. The Morgan fingerprint density at radius 2 is 1.90 bits per heavy atom. The van der Waals surface area contributed by atoms with Gasteiger partial charge in [-0.05, 0) is 63.0 Å². The number of carbonyl (C=O) groups is 1. The van der Waals surface area contributed by atoms with Gasteiger partial charge < -0.3 is 15.0 Å². The van der Waals surface area contributed by atoms with Gasteiger partial charge in [-0.15, -0.1) is 0 Å². The Hall–Kier alpha value is -1.19. The molecule has 1 amide bonds. The highest BCUT2D eigenvalue weighted by Crippen LogP contribution is 2.23. The summed E-state index contributed by atoms with van der Waals surface area (Å²) in [6.07, 6.45) is 3.31. The number of ether oxygens (including phenoxy) is 1. The minimum absolute atomic E-state index is 0.0800. The van der Waals surface area contributed by atoms with E-state index >= 15 is 0 Å². The van der Waals surface area contributed by atoms with Crippen LogP contribution in [0.5, 0.6) is 0 Å². The van der Waals surface area contributed by atoms with E-state index in [1.165, 1.54) is 35.3 Å². The van der Waals surface area contributed by atoms with Crippen molar-refractivity contribution in [2.45, 2.75) is 31.1 Å². The van der Waals surface area contributed by atoms with Crippen LogP contribution >= 0.6 is 11.6 Å². The number of nitrogens with zero attached hydrogens (tertiary/aromatic N) is 2. The molecule has 1 aromatic carbocycles. The smallest absolute Gasteiger partial charge is 0.252 e. The lowest BCUT2D eigenvalue weighted by Crippen LogP contribution is -2.40. The van der Waals surface area contributed by atoms with E-state index in [-0.39, 0.29) is 21.4 Å². The summed E-state index contributed by atoms with van der Waals surface area (Å²) in [5.74, 6) is 0.454. The molecule has 1 N–H and O–H groups in total. The minimum Gasteiger partial charge on any atom is -0.379 e. The minimum atomic E-state index is -3.67. The van der Waals surface area contributed by atoms with E-state index in [0.29, 0.717) is 32.8 Å². The standard InChI is InChI=1S/C20H30ClN3O4S/c1-16-5-9-23(10-6-16)8-2-7-22-20(25)18-15-17(3-4-19(18)21)29(26,27)24-11-13-28-14-12-24/h3-4,15-16H,2,5-14H2,1H3,(H,22,25). The van der Waals surface area contributed by atoms with E-state index < -0.39 is 10.0 Å². The summed E-state index contributed by atoms with van der Waals surface area (Å²) in [5.41, 5.74) is 0.188. The lowest BCUT2D eigenvalue weighted by atomic mass is 9.99. The number of halogens is 1. The molecule has 1 aromatic rings. The Morgan fingerprint density at radius 1 is 1.21 bits per heavy atom. The van der Waals surface area contributed by atoms with Crippen molar-refractivity contribution in [3.63, 3.8) is 0 Å². The van der Waals surface area contributed by atoms with E-state index in [1.807, 2.05) is 0 Å². The molecule has 29 heavy (non-hydrogen) atoms. The number of benzene rings is 1. The van der Waals surface area contributed by atoms with Gasteiger partial charge in [-0.25, -0.2) is 8.42 Å². The second kappa shape index (κ2) is 10.2. The van der Waals surface area contributed by atoms with Crippen LogP contribution in [-0.4, -0.2) is 76.0 Å². The molecule has 0 bridgehead atoms. The fraction of sp³-hybridized carbons (Fsp3) is 0.650. The summed E-state index contributed by atoms with van der Waals surface area (Å²) >= 11 is 6.18. The number of carbonyl (C=O) groups excluding carboxylic acids is 1. The van der Waals surface area contributed by atoms with E-state index in [0.717, 1.165) is 32.0 Å². The first-order valence-corrected chi connectivity index (χ1v) is 12.1. The Labute approximate surface area is 178 Å². The van der Waals surface area contributed by atoms with Crippen molar-refractivity contribution >= 4 is 27.5 Å². The van der Waals surface area contributed by atoms with Crippen molar-refractivity contribution in [2.24, 2.45) is 5.92 Å². The molecule has 0 unspecified atom stereocenters. The maximum atomic E-state index is 12.8. The third-order valence-electron chi connectivity index (χ3n) is 5.60. The van der Waals surface area contributed by atoms with Gasteiger partial charge in [0.1, 0.15) is 0 Å². The van der Waals surface area contributed by atoms with E-state index in [4.69, 9.17) is 16.3 Å². The summed E-state index contributed by atoms with van der Waals surface area (Å²) in [6.45, 7) is 7.35. The third-order valence-corrected chi connectivity index (χ3v) is 7.83. The molecule has 2 saturated heterocycles. The van der Waals surface area contributed by atoms with Crippen LogP contribution in [-0.2, 0) is 14.8 Å². The summed E-state index contributed by atoms with van der Waals surface area (Å²) < 4.78 is 32.2. The highest BCUT2D eigenvalue weighted by atomic mass is 35.5. The molecule has 2 heterocycles. The maximum absolute atomic E-state index is 12.8. The lowest BCUT2D eigenvalue weighted by molar-refractivity contribution is 0.0730. The molecule has 0 saturated carbocycles. The average Bonchev–Trinajstić information content (AvgIpc) is 2.73. The zero-order valence-corrected chi connectivity index (χ0v) is 18.5. The fourth-order valence-corrected chi connectivity index (χ4v) is 5.30. The molecular formula is C20H30ClN3O4S. The number of likely N-dealkylation sites (tertiary alicyclic amines) is 1. The Morgan fingerprint density at radius 3 is 2.59 bits per heavy atom. The van der Waals surface area contributed by atoms with Crippen LogP contribution in [0.25, 0.3) is 0 Å². The number of piperidine rings is 1. The highest BCUT2D eigenvalue weighted by Gasteiger charge is 2.27. The fourth-order valence-electron chi connectivity index (χ4n) is 3.66. The Balaban J connectivity index is 1.56. The van der Waals surface area contributed by atoms with Crippen molar-refractivity contribution < 1.29 is 17.9 Å². The number of morpholine rings is 1. The van der Waals surface area contributed by atoms with Crippen molar-refractivity contribution in [1.82, 2.24) is 14.5 Å². The van der Waals surface area contributed by atoms with Crippen LogP contribution in [0.3, 0.4) is 0 Å². The van der Waals surface area contributed by atoms with Gasteiger partial charge in [-0.2, -0.15) is 4.31 Å². The summed E-state index contributed by atoms with van der Waals surface area (Å²) in [5, 5.41) is 3.11. The van der Waals surface area contributed by atoms with Crippen molar-refractivity contribution in [2.75, 3.05) is 52.5 Å². The van der Waals surface area contributed by atoms with Crippen LogP contribution in [0.1, 0.15) is 36.5 Å². The quantitative estimate of drug-likeness (QED) is 0.653. The van der Waals surface area contributed by atoms with Crippen molar-refractivity contribution in [1.29, 1.82) is 0 Å². The van der Waals surface area contributed by atoms with Crippen LogP contribution in [0.2, 0.25) is 5.02 Å². The first kappa shape index (κ1) is 22.5. The van der Waals surface area contributed by atoms with Gasteiger partial charge >= 0.3 is 0 Å². The zero-order chi connectivity index (χ0) is 20.9. The molecule has 162 valence electrons. The largest absolute Gasteiger partial charge is 0.379 e. The number of rotatable bonds is 7. The van der Waals surface area contributed by atoms with Gasteiger partial charge in [0.2, 0.25) is 10.0 Å². The van der Waals surface area contributed by atoms with E-state index in [9.17, 15) is 13.2 Å². The molecule has 3 rings (SSSR count). The molecule has 0 aliphatic carbocycles. The SMILES string of the molecule is CC1CCN(CCCNC(=O)c2cc(S(=O)(=O)N3CCOCC3)ccc2Cl)CC1. The van der Waals surface area contributed by atoms with Crippen LogP contribution in [0, 0.1) is 5.92 Å². The van der Waals surface area contributed by atoms with E-state index in [2.05, 4.69) is 17.1 Å². The Kier molecular flexibility index (Phi) is 7.92. The average molecular weight is 444 g/mol. The summed E-state index contributed by atoms with van der Waals surface area (Å²) in [4.78, 5) is 15.1. The van der Waals surface area contributed by atoms with Gasteiger partial charge in [-0.3, -0.25) is 4.79 Å². The number of hydrogen-bond acceptors (Lipinski definition) is 5. The first-order chi connectivity index (χ1) is 13.9. The molecular weight excluding hydrogens is 414 g/mol. The zero-order valence-electron chi connectivity index (χ0n) is 16.9. The van der Waals surface area contributed by atoms with Gasteiger partial charge in [0.25, 0.3) is 5.91 Å². The first-order valence-electron chi connectivity index (χ1n) is 10.3. The van der Waals surface area contributed by atoms with Crippen LogP contribution in [0.15, 0.2) is 23.1 Å². The molecule has 7 nitrogen and oxygen atoms in total. The molecule has 0 atom stereocenters. The lowest BCUT2D eigenvalue weighted by Gasteiger charge is -2.30. The van der Waals surface area contributed by atoms with Crippen molar-refractivity contribution in [3.8, 4) is 0 Å². The third kappa shape index (κ3) is 5.92. The van der Waals surface area contributed by atoms with Crippen LogP contribution < -0.4 is 5.32 Å². The molecule has 2 aliphatic heterocycles. The summed E-state index contributed by atoms with van der Waals surface area (Å²) in [7, 11) is -3.67. The second-order valence-electron chi connectivity index (χ2n) is 7.79. The van der Waals surface area contributed by atoms with Gasteiger partial charge in [0.15, 0.2) is 0 Å². The van der Waals surface area contributed by atoms with Crippen LogP contribution in [0.4, 0.5) is 0 Å². The van der Waals surface area contributed by atoms with Gasteiger partial charge in [-0.1, -0.05) is 18.5 Å². The number of hydrogen-bond donors (Lipinski definition) is 1. The van der Waals surface area contributed by atoms with E-state index in [1.54, 1.807) is 0 Å². The predicted octanol–water partition coefficient (Wildman–Crippen LogP) is 2.21. The highest BCUT2D eigenvalue weighted by molar-refractivity contribution is 7.89. The molecule has 2 fully saturated rings. The number of nitrogens with one attached hydrogen (secondary N) is 1. The van der Waals surface area contributed by atoms with Crippen molar-refractivity contribution in [3.05, 3.63) is 28.8 Å². The molecule has 0 aromatic heterocycles. The summed E-state index contributed by atoms with van der Waals surface area (Å²) in [6, 6.07) is 4.29. The number of amides is 1. The Bertz CT molecular complexity index is 804. The monoisotopic (exact) mass is 443 g/mol. The maximum Gasteiger partial charge on any atom is 0.252 e. The van der Waals surface area contributed by atoms with Gasteiger partial charge in [0.05, 0.1) is 28.7 Å². The van der Waals surface area contributed by atoms with Gasteiger partial charge in [0, 0.05) is 19.6 Å².